The van der Waals surface area contributed by atoms with E-state index in [2.05, 4.69) is 55.0 Å². The minimum Gasteiger partial charge on any atom is -0.301 e. The van der Waals surface area contributed by atoms with Gasteiger partial charge >= 0.3 is 0 Å². The lowest BCUT2D eigenvalue weighted by atomic mass is 10.2. The van der Waals surface area contributed by atoms with Crippen molar-refractivity contribution in [2.75, 3.05) is 0 Å². The molecule has 3 nitrogen and oxygen atoms in total. The Bertz CT molecular complexity index is 878. The van der Waals surface area contributed by atoms with E-state index in [1.807, 2.05) is 12.1 Å². The molecule has 1 heterocycles. The largest absolute Gasteiger partial charge is 0.301 e. The van der Waals surface area contributed by atoms with Crippen LogP contribution < -0.4 is 0 Å². The van der Waals surface area contributed by atoms with Crippen molar-refractivity contribution in [3.63, 3.8) is 0 Å². The highest BCUT2D eigenvalue weighted by atomic mass is 79.9. The van der Waals surface area contributed by atoms with E-state index in [0.29, 0.717) is 5.92 Å². The molecule has 4 rings (SSSR count). The third kappa shape index (κ3) is 3.96. The molecule has 0 aliphatic heterocycles. The number of benzene rings is 2. The zero-order valence-corrected chi connectivity index (χ0v) is 15.9. The van der Waals surface area contributed by atoms with Gasteiger partial charge in [-0.3, -0.25) is 0 Å². The molecule has 0 spiro atoms. The van der Waals surface area contributed by atoms with Crippen molar-refractivity contribution in [2.45, 2.75) is 36.2 Å². The van der Waals surface area contributed by atoms with Crippen molar-refractivity contribution in [1.29, 1.82) is 0 Å². The molecule has 0 N–H and O–H groups in total. The fourth-order valence-electron chi connectivity index (χ4n) is 2.75. The molecule has 0 bridgehead atoms. The number of rotatable bonds is 6. The first kappa shape index (κ1) is 16.8. The van der Waals surface area contributed by atoms with Crippen molar-refractivity contribution >= 4 is 27.7 Å². The van der Waals surface area contributed by atoms with E-state index in [0.717, 1.165) is 33.3 Å². The zero-order valence-electron chi connectivity index (χ0n) is 13.5. The van der Waals surface area contributed by atoms with Crippen molar-refractivity contribution in [1.82, 2.24) is 14.8 Å². The maximum atomic E-state index is 13.3. The summed E-state index contributed by atoms with van der Waals surface area (Å²) in [6, 6.07) is 15.2. The van der Waals surface area contributed by atoms with Crippen molar-refractivity contribution in [2.24, 2.45) is 0 Å². The Morgan fingerprint density at radius 1 is 1.12 bits per heavy atom. The van der Waals surface area contributed by atoms with Gasteiger partial charge in [-0.25, -0.2) is 4.39 Å². The van der Waals surface area contributed by atoms with Crippen LogP contribution in [0.5, 0.6) is 0 Å². The predicted octanol–water partition coefficient (Wildman–Crippen LogP) is 5.40. The fourth-order valence-corrected chi connectivity index (χ4v) is 4.37. The smallest absolute Gasteiger partial charge is 0.191 e. The normalized spacial score (nSPS) is 14.0. The molecule has 1 fully saturated rings. The Morgan fingerprint density at radius 2 is 1.92 bits per heavy atom. The minimum atomic E-state index is -0.233. The highest BCUT2D eigenvalue weighted by Crippen LogP contribution is 2.40. The third-order valence-corrected chi connectivity index (χ3v) is 6.00. The highest BCUT2D eigenvalue weighted by Gasteiger charge is 2.30. The number of thioether (sulfide) groups is 1. The van der Waals surface area contributed by atoms with Gasteiger partial charge in [-0.2, -0.15) is 0 Å². The van der Waals surface area contributed by atoms with E-state index in [1.165, 1.54) is 30.5 Å². The van der Waals surface area contributed by atoms with Crippen molar-refractivity contribution in [3.05, 3.63) is 75.8 Å². The average Bonchev–Trinajstić information content (AvgIpc) is 3.38. The van der Waals surface area contributed by atoms with E-state index in [9.17, 15) is 4.39 Å². The minimum absolute atomic E-state index is 0.233. The quantitative estimate of drug-likeness (QED) is 0.503. The van der Waals surface area contributed by atoms with Crippen LogP contribution in [0, 0.1) is 5.82 Å². The summed E-state index contributed by atoms with van der Waals surface area (Å²) in [6.45, 7) is 0.784. The second-order valence-corrected chi connectivity index (χ2v) is 8.01. The van der Waals surface area contributed by atoms with Gasteiger partial charge in [-0.1, -0.05) is 64.1 Å². The fraction of sp³-hybridized carbons (Fsp3) is 0.263. The van der Waals surface area contributed by atoms with Gasteiger partial charge in [0.15, 0.2) is 5.16 Å². The van der Waals surface area contributed by atoms with Crippen LogP contribution in [0.25, 0.3) is 0 Å². The van der Waals surface area contributed by atoms with Crippen molar-refractivity contribution < 1.29 is 4.39 Å². The molecule has 25 heavy (non-hydrogen) atoms. The molecule has 6 heteroatoms. The van der Waals surface area contributed by atoms with E-state index in [1.54, 1.807) is 11.8 Å². The first-order valence-electron chi connectivity index (χ1n) is 8.24. The van der Waals surface area contributed by atoms with Gasteiger partial charge < -0.3 is 4.57 Å². The number of nitrogens with zero attached hydrogens (tertiary/aromatic N) is 3. The summed E-state index contributed by atoms with van der Waals surface area (Å²) in [5.41, 5.74) is 2.29. The predicted molar refractivity (Wildman–Crippen MR) is 101 cm³/mol. The Hall–Kier alpha value is -1.66. The van der Waals surface area contributed by atoms with Crippen LogP contribution in [-0.4, -0.2) is 14.8 Å². The first-order chi connectivity index (χ1) is 12.2. The number of aromatic nitrogens is 3. The van der Waals surface area contributed by atoms with E-state index < -0.39 is 0 Å². The molecule has 0 saturated heterocycles. The maximum Gasteiger partial charge on any atom is 0.191 e. The molecule has 0 radical (unpaired) electrons. The summed E-state index contributed by atoms with van der Waals surface area (Å²) < 4.78 is 16.3. The van der Waals surface area contributed by atoms with Crippen LogP contribution in [0.15, 0.2) is 58.2 Å². The molecule has 128 valence electrons. The Labute approximate surface area is 158 Å². The van der Waals surface area contributed by atoms with Gasteiger partial charge in [-0.15, -0.1) is 10.2 Å². The highest BCUT2D eigenvalue weighted by molar-refractivity contribution is 9.10. The molecule has 1 aliphatic carbocycles. The molecule has 0 atom stereocenters. The molecule has 3 aromatic rings. The Balaban J connectivity index is 1.56. The second kappa shape index (κ2) is 7.30. The number of hydrogen-bond donors (Lipinski definition) is 0. The molecule has 0 unspecified atom stereocenters. The van der Waals surface area contributed by atoms with Crippen LogP contribution in [0.2, 0.25) is 0 Å². The monoisotopic (exact) mass is 417 g/mol. The maximum absolute atomic E-state index is 13.3. The summed E-state index contributed by atoms with van der Waals surface area (Å²) >= 11 is 5.08. The molecule has 1 aromatic heterocycles. The zero-order chi connectivity index (χ0) is 17.2. The van der Waals surface area contributed by atoms with E-state index in [4.69, 9.17) is 0 Å². The lowest BCUT2D eigenvalue weighted by Crippen LogP contribution is -2.06. The Morgan fingerprint density at radius 3 is 2.64 bits per heavy atom. The van der Waals surface area contributed by atoms with Gasteiger partial charge in [0, 0.05) is 16.1 Å². The van der Waals surface area contributed by atoms with E-state index >= 15 is 0 Å². The van der Waals surface area contributed by atoms with Crippen LogP contribution in [0.4, 0.5) is 4.39 Å². The van der Waals surface area contributed by atoms with Gasteiger partial charge in [0.05, 0.1) is 6.54 Å². The summed E-state index contributed by atoms with van der Waals surface area (Å²) in [6.07, 6.45) is 2.39. The molecular weight excluding hydrogens is 401 g/mol. The first-order valence-corrected chi connectivity index (χ1v) is 10.0. The topological polar surface area (TPSA) is 30.7 Å². The van der Waals surface area contributed by atoms with E-state index in [-0.39, 0.29) is 5.82 Å². The summed E-state index contributed by atoms with van der Waals surface area (Å²) in [5, 5.41) is 9.78. The third-order valence-electron chi connectivity index (χ3n) is 4.24. The van der Waals surface area contributed by atoms with Gasteiger partial charge in [0.1, 0.15) is 11.6 Å². The van der Waals surface area contributed by atoms with Crippen LogP contribution in [0.1, 0.15) is 35.7 Å². The van der Waals surface area contributed by atoms with Crippen LogP contribution in [-0.2, 0) is 12.3 Å². The Kier molecular flexibility index (Phi) is 4.90. The number of halogens is 2. The average molecular weight is 418 g/mol. The molecule has 2 aromatic carbocycles. The van der Waals surface area contributed by atoms with Crippen LogP contribution >= 0.6 is 27.7 Å². The molecule has 0 amide bonds. The number of hydrogen-bond acceptors (Lipinski definition) is 3. The molecule has 1 aliphatic rings. The van der Waals surface area contributed by atoms with Gasteiger partial charge in [0.25, 0.3) is 0 Å². The van der Waals surface area contributed by atoms with Gasteiger partial charge in [0.2, 0.25) is 0 Å². The summed E-state index contributed by atoms with van der Waals surface area (Å²) in [7, 11) is 0. The standard InChI is InChI=1S/C19H17BrFN3S/c20-17-10-16(21)9-8-15(17)12-25-19-23-22-18(14-6-7-14)24(19)11-13-4-2-1-3-5-13/h1-5,8-10,14H,6-7,11-12H2. The van der Waals surface area contributed by atoms with Gasteiger partial charge in [-0.05, 0) is 36.1 Å². The van der Waals surface area contributed by atoms with Crippen LogP contribution in [0.3, 0.4) is 0 Å². The summed E-state index contributed by atoms with van der Waals surface area (Å²) in [5.74, 6) is 2.12. The SMILES string of the molecule is Fc1ccc(CSc2nnc(C3CC3)n2Cc2ccccc2)c(Br)c1. The lowest BCUT2D eigenvalue weighted by Gasteiger charge is -2.10. The molecular formula is C19H17BrFN3S. The summed E-state index contributed by atoms with van der Waals surface area (Å²) in [4.78, 5) is 0. The second-order valence-electron chi connectivity index (χ2n) is 6.21. The van der Waals surface area contributed by atoms with Crippen molar-refractivity contribution in [3.8, 4) is 0 Å². The molecule has 1 saturated carbocycles. The lowest BCUT2D eigenvalue weighted by molar-refractivity contribution is 0.626.